The summed E-state index contributed by atoms with van der Waals surface area (Å²) in [6, 6.07) is 8.81. The molecule has 1 heterocycles. The number of fused-ring (bicyclic) bond motifs is 1. The fourth-order valence-corrected chi connectivity index (χ4v) is 4.37. The lowest BCUT2D eigenvalue weighted by molar-refractivity contribution is 0.0975. The standard InChI is InChI=1S/C17H17N3O2S2/c18-14(21)13-11-8-4-5-9-12(11)24-16(13)20-17(23)19-15(22)10-6-2-1-3-7-10/h1-3,6-7H,4-5,8-9H2,(H2,18,21)(H2,19,20,22,23). The molecule has 3 rings (SSSR count). The van der Waals surface area contributed by atoms with Gasteiger partial charge >= 0.3 is 0 Å². The van der Waals surface area contributed by atoms with Crippen LogP contribution in [0.3, 0.4) is 0 Å². The van der Waals surface area contributed by atoms with Gasteiger partial charge in [-0.05, 0) is 55.6 Å². The van der Waals surface area contributed by atoms with Gasteiger partial charge in [0.15, 0.2) is 5.11 Å². The molecule has 2 aromatic rings. The van der Waals surface area contributed by atoms with E-state index in [0.29, 0.717) is 16.1 Å². The first-order valence-corrected chi connectivity index (χ1v) is 8.90. The molecule has 1 aromatic carbocycles. The molecule has 0 fully saturated rings. The van der Waals surface area contributed by atoms with Crippen LogP contribution in [0.4, 0.5) is 5.00 Å². The number of carbonyl (C=O) groups is 2. The zero-order valence-corrected chi connectivity index (χ0v) is 14.6. The number of thiophene rings is 1. The Hall–Kier alpha value is -2.25. The summed E-state index contributed by atoms with van der Waals surface area (Å²) in [4.78, 5) is 25.1. The molecule has 0 saturated heterocycles. The number of anilines is 1. The molecule has 0 bridgehead atoms. The summed E-state index contributed by atoms with van der Waals surface area (Å²) < 4.78 is 0. The predicted octanol–water partition coefficient (Wildman–Crippen LogP) is 2.85. The zero-order valence-electron chi connectivity index (χ0n) is 12.9. The Balaban J connectivity index is 1.76. The Bertz CT molecular complexity index is 800. The van der Waals surface area contributed by atoms with Crippen molar-refractivity contribution in [1.29, 1.82) is 0 Å². The SMILES string of the molecule is NC(=O)c1c(NC(=S)NC(=O)c2ccccc2)sc2c1CCCC2. The minimum absolute atomic E-state index is 0.157. The maximum absolute atomic E-state index is 12.1. The molecule has 1 aromatic heterocycles. The van der Waals surface area contributed by atoms with Gasteiger partial charge in [0.05, 0.1) is 5.56 Å². The number of primary amides is 1. The number of nitrogens with one attached hydrogen (secondary N) is 2. The molecule has 24 heavy (non-hydrogen) atoms. The average molecular weight is 359 g/mol. The van der Waals surface area contributed by atoms with Crippen molar-refractivity contribution in [3.8, 4) is 0 Å². The van der Waals surface area contributed by atoms with Crippen LogP contribution in [0.2, 0.25) is 0 Å². The highest BCUT2D eigenvalue weighted by atomic mass is 32.1. The Morgan fingerprint density at radius 2 is 1.83 bits per heavy atom. The van der Waals surface area contributed by atoms with E-state index in [4.69, 9.17) is 18.0 Å². The van der Waals surface area contributed by atoms with E-state index in [1.165, 1.54) is 16.2 Å². The summed E-state index contributed by atoms with van der Waals surface area (Å²) in [5.41, 5.74) is 7.60. The van der Waals surface area contributed by atoms with Crippen LogP contribution in [-0.2, 0) is 12.8 Å². The molecule has 0 spiro atoms. The molecule has 4 N–H and O–H groups in total. The topological polar surface area (TPSA) is 84.2 Å². The number of thiocarbonyl (C=S) groups is 1. The average Bonchev–Trinajstić information content (AvgIpc) is 2.93. The van der Waals surface area contributed by atoms with Gasteiger partial charge in [-0.1, -0.05) is 18.2 Å². The van der Waals surface area contributed by atoms with Gasteiger partial charge in [0.2, 0.25) is 0 Å². The molecular formula is C17H17N3O2S2. The number of hydrogen-bond donors (Lipinski definition) is 3. The van der Waals surface area contributed by atoms with E-state index in [2.05, 4.69) is 10.6 Å². The van der Waals surface area contributed by atoms with Gasteiger partial charge in [-0.15, -0.1) is 11.3 Å². The van der Waals surface area contributed by atoms with E-state index < -0.39 is 5.91 Å². The third-order valence-corrected chi connectivity index (χ3v) is 5.32. The molecule has 0 saturated carbocycles. The largest absolute Gasteiger partial charge is 0.365 e. The van der Waals surface area contributed by atoms with Crippen molar-refractivity contribution < 1.29 is 9.59 Å². The first kappa shape index (κ1) is 16.6. The summed E-state index contributed by atoms with van der Waals surface area (Å²) in [5.74, 6) is -0.760. The maximum Gasteiger partial charge on any atom is 0.257 e. The Labute approximate surface area is 149 Å². The number of nitrogens with two attached hydrogens (primary N) is 1. The molecule has 7 heteroatoms. The van der Waals surface area contributed by atoms with Gasteiger partial charge in [-0.3, -0.25) is 14.9 Å². The number of carbonyl (C=O) groups excluding carboxylic acids is 2. The molecular weight excluding hydrogens is 342 g/mol. The highest BCUT2D eigenvalue weighted by Gasteiger charge is 2.24. The van der Waals surface area contributed by atoms with Gasteiger partial charge in [0.1, 0.15) is 5.00 Å². The van der Waals surface area contributed by atoms with Crippen LogP contribution in [0.25, 0.3) is 0 Å². The van der Waals surface area contributed by atoms with Crippen molar-refractivity contribution in [1.82, 2.24) is 5.32 Å². The maximum atomic E-state index is 12.1. The number of benzene rings is 1. The minimum Gasteiger partial charge on any atom is -0.365 e. The Kier molecular flexibility index (Phi) is 4.92. The quantitative estimate of drug-likeness (QED) is 0.736. The van der Waals surface area contributed by atoms with Crippen LogP contribution in [0.5, 0.6) is 0 Å². The first-order chi connectivity index (χ1) is 11.6. The molecule has 2 amide bonds. The van der Waals surface area contributed by atoms with Crippen LogP contribution < -0.4 is 16.4 Å². The lowest BCUT2D eigenvalue weighted by Gasteiger charge is -2.11. The van der Waals surface area contributed by atoms with Crippen molar-refractivity contribution in [2.45, 2.75) is 25.7 Å². The fourth-order valence-electron chi connectivity index (χ4n) is 2.81. The summed E-state index contributed by atoms with van der Waals surface area (Å²) in [6.07, 6.45) is 3.97. The summed E-state index contributed by atoms with van der Waals surface area (Å²) >= 11 is 6.70. The van der Waals surface area contributed by atoms with Gasteiger partial charge in [0.25, 0.3) is 11.8 Å². The molecule has 1 aliphatic rings. The third-order valence-electron chi connectivity index (χ3n) is 3.91. The Morgan fingerprint density at radius 3 is 2.54 bits per heavy atom. The van der Waals surface area contributed by atoms with Crippen molar-refractivity contribution in [3.63, 3.8) is 0 Å². The number of rotatable bonds is 3. The van der Waals surface area contributed by atoms with E-state index in [0.717, 1.165) is 31.2 Å². The van der Waals surface area contributed by atoms with Crippen molar-refractivity contribution >= 4 is 45.5 Å². The monoisotopic (exact) mass is 359 g/mol. The van der Waals surface area contributed by atoms with E-state index in [1.807, 2.05) is 6.07 Å². The normalized spacial score (nSPS) is 13.0. The lowest BCUT2D eigenvalue weighted by Crippen LogP contribution is -2.34. The molecule has 5 nitrogen and oxygen atoms in total. The van der Waals surface area contributed by atoms with E-state index in [1.54, 1.807) is 24.3 Å². The second kappa shape index (κ2) is 7.11. The number of aryl methyl sites for hydroxylation is 1. The van der Waals surface area contributed by atoms with Gasteiger partial charge in [0, 0.05) is 10.4 Å². The van der Waals surface area contributed by atoms with Crippen LogP contribution >= 0.6 is 23.6 Å². The third kappa shape index (κ3) is 3.47. The van der Waals surface area contributed by atoms with E-state index in [9.17, 15) is 9.59 Å². The smallest absolute Gasteiger partial charge is 0.257 e. The van der Waals surface area contributed by atoms with Crippen molar-refractivity contribution in [2.24, 2.45) is 5.73 Å². The van der Waals surface area contributed by atoms with Crippen LogP contribution in [0.1, 0.15) is 44.0 Å². The van der Waals surface area contributed by atoms with E-state index >= 15 is 0 Å². The predicted molar refractivity (Wildman–Crippen MR) is 99.6 cm³/mol. The molecule has 0 aliphatic heterocycles. The Morgan fingerprint density at radius 1 is 1.12 bits per heavy atom. The highest BCUT2D eigenvalue weighted by Crippen LogP contribution is 2.37. The van der Waals surface area contributed by atoms with Crippen LogP contribution in [0, 0.1) is 0 Å². The minimum atomic E-state index is -0.464. The van der Waals surface area contributed by atoms with E-state index in [-0.39, 0.29) is 11.0 Å². The van der Waals surface area contributed by atoms with Crippen LogP contribution in [0.15, 0.2) is 30.3 Å². The fraction of sp³-hybridized carbons (Fsp3) is 0.235. The lowest BCUT2D eigenvalue weighted by atomic mass is 9.95. The molecule has 0 atom stereocenters. The molecule has 0 radical (unpaired) electrons. The number of hydrogen-bond acceptors (Lipinski definition) is 4. The first-order valence-electron chi connectivity index (χ1n) is 7.68. The molecule has 124 valence electrons. The summed E-state index contributed by atoms with van der Waals surface area (Å²) in [5, 5.41) is 6.37. The van der Waals surface area contributed by atoms with Crippen molar-refractivity contribution in [2.75, 3.05) is 5.32 Å². The second-order valence-corrected chi connectivity index (χ2v) is 7.07. The van der Waals surface area contributed by atoms with Crippen molar-refractivity contribution in [3.05, 3.63) is 51.9 Å². The second-order valence-electron chi connectivity index (χ2n) is 5.55. The van der Waals surface area contributed by atoms with Crippen LogP contribution in [-0.4, -0.2) is 16.9 Å². The summed E-state index contributed by atoms with van der Waals surface area (Å²) in [6.45, 7) is 0. The molecule has 0 unspecified atom stereocenters. The summed E-state index contributed by atoms with van der Waals surface area (Å²) in [7, 11) is 0. The van der Waals surface area contributed by atoms with Gasteiger partial charge < -0.3 is 11.1 Å². The number of amides is 2. The highest BCUT2D eigenvalue weighted by molar-refractivity contribution is 7.80. The van der Waals surface area contributed by atoms with Gasteiger partial charge in [-0.25, -0.2) is 0 Å². The molecule has 1 aliphatic carbocycles. The zero-order chi connectivity index (χ0) is 17.1. The van der Waals surface area contributed by atoms with Gasteiger partial charge in [-0.2, -0.15) is 0 Å².